The van der Waals surface area contributed by atoms with E-state index >= 15 is 0 Å². The van der Waals surface area contributed by atoms with Crippen LogP contribution in [0.25, 0.3) is 11.3 Å². The molecule has 1 saturated carbocycles. The minimum Gasteiger partial charge on any atom is -0.380 e. The highest BCUT2D eigenvalue weighted by Gasteiger charge is 2.33. The molecule has 1 fully saturated rings. The van der Waals surface area contributed by atoms with Gasteiger partial charge in [-0.3, -0.25) is 0 Å². The molecule has 1 heterocycles. The van der Waals surface area contributed by atoms with Crippen LogP contribution >= 0.6 is 23.2 Å². The van der Waals surface area contributed by atoms with Crippen LogP contribution in [0.2, 0.25) is 10.0 Å². The predicted molar refractivity (Wildman–Crippen MR) is 74.6 cm³/mol. The Balaban J connectivity index is 2.14. The van der Waals surface area contributed by atoms with E-state index in [0.29, 0.717) is 33.8 Å². The van der Waals surface area contributed by atoms with E-state index in [1.165, 1.54) is 0 Å². The third-order valence-electron chi connectivity index (χ3n) is 3.25. The number of ether oxygens (including phenoxy) is 1. The topological polar surface area (TPSA) is 35.3 Å². The van der Waals surface area contributed by atoms with Gasteiger partial charge in [-0.15, -0.1) is 0 Å². The Hall–Kier alpha value is -1.03. The number of aromatic nitrogens is 1. The zero-order valence-electron chi connectivity index (χ0n) is 10.5. The molecule has 19 heavy (non-hydrogen) atoms. The van der Waals surface area contributed by atoms with Gasteiger partial charge in [0.05, 0.1) is 16.7 Å². The molecular formula is C14H13Cl2NO2. The fourth-order valence-electron chi connectivity index (χ4n) is 2.19. The van der Waals surface area contributed by atoms with Gasteiger partial charge in [-0.1, -0.05) is 34.4 Å². The maximum Gasteiger partial charge on any atom is 0.145 e. The molecule has 3 rings (SSSR count). The number of rotatable bonds is 4. The van der Waals surface area contributed by atoms with E-state index in [0.717, 1.165) is 24.2 Å². The second-order valence-electron chi connectivity index (χ2n) is 4.68. The number of methoxy groups -OCH3 is 1. The average Bonchev–Trinajstić information content (AvgIpc) is 3.14. The Morgan fingerprint density at radius 3 is 2.58 bits per heavy atom. The monoisotopic (exact) mass is 297 g/mol. The largest absolute Gasteiger partial charge is 0.380 e. The van der Waals surface area contributed by atoms with Crippen molar-refractivity contribution in [1.29, 1.82) is 0 Å². The fraction of sp³-hybridized carbons (Fsp3) is 0.357. The van der Waals surface area contributed by atoms with Crippen molar-refractivity contribution in [2.45, 2.75) is 25.4 Å². The summed E-state index contributed by atoms with van der Waals surface area (Å²) in [7, 11) is 1.65. The third kappa shape index (κ3) is 2.38. The van der Waals surface area contributed by atoms with Crippen LogP contribution < -0.4 is 0 Å². The lowest BCUT2D eigenvalue weighted by Gasteiger charge is -2.06. The van der Waals surface area contributed by atoms with Gasteiger partial charge in [0.25, 0.3) is 0 Å². The summed E-state index contributed by atoms with van der Waals surface area (Å²) >= 11 is 12.5. The third-order valence-corrected chi connectivity index (χ3v) is 3.88. The van der Waals surface area contributed by atoms with Gasteiger partial charge in [-0.05, 0) is 25.0 Å². The zero-order chi connectivity index (χ0) is 13.4. The highest BCUT2D eigenvalue weighted by atomic mass is 35.5. The molecule has 0 bridgehead atoms. The Morgan fingerprint density at radius 1 is 1.32 bits per heavy atom. The first-order valence-electron chi connectivity index (χ1n) is 6.14. The van der Waals surface area contributed by atoms with Crippen molar-refractivity contribution >= 4 is 23.2 Å². The standard InChI is InChI=1S/C14H13Cl2NO2/c1-18-7-9-13(17-19-14(9)8-5-6-8)12-10(15)3-2-4-11(12)16/h2-4,8H,5-7H2,1H3. The maximum atomic E-state index is 6.23. The first kappa shape index (κ1) is 13.0. The van der Waals surface area contributed by atoms with Crippen LogP contribution in [0.5, 0.6) is 0 Å². The van der Waals surface area contributed by atoms with Crippen LogP contribution in [-0.2, 0) is 11.3 Å². The molecular weight excluding hydrogens is 285 g/mol. The molecule has 0 unspecified atom stereocenters. The molecule has 0 amide bonds. The van der Waals surface area contributed by atoms with Crippen LogP contribution in [-0.4, -0.2) is 12.3 Å². The Bertz CT molecular complexity index is 585. The molecule has 1 aliphatic carbocycles. The Kier molecular flexibility index (Phi) is 3.52. The summed E-state index contributed by atoms with van der Waals surface area (Å²) in [5.41, 5.74) is 2.37. The van der Waals surface area contributed by atoms with Crippen LogP contribution in [0.4, 0.5) is 0 Å². The first-order valence-corrected chi connectivity index (χ1v) is 6.89. The fourth-order valence-corrected chi connectivity index (χ4v) is 2.77. The Morgan fingerprint density at radius 2 is 2.00 bits per heavy atom. The quantitative estimate of drug-likeness (QED) is 0.822. The molecule has 0 N–H and O–H groups in total. The molecule has 1 aromatic carbocycles. The number of benzene rings is 1. The van der Waals surface area contributed by atoms with E-state index in [1.807, 2.05) is 6.07 Å². The van der Waals surface area contributed by atoms with Crippen molar-refractivity contribution in [2.75, 3.05) is 7.11 Å². The van der Waals surface area contributed by atoms with E-state index in [2.05, 4.69) is 5.16 Å². The minimum atomic E-state index is 0.451. The van der Waals surface area contributed by atoms with E-state index in [4.69, 9.17) is 32.5 Å². The lowest BCUT2D eigenvalue weighted by Crippen LogP contribution is -1.94. The van der Waals surface area contributed by atoms with E-state index in [1.54, 1.807) is 19.2 Å². The van der Waals surface area contributed by atoms with Crippen LogP contribution in [0.1, 0.15) is 30.1 Å². The van der Waals surface area contributed by atoms with E-state index in [-0.39, 0.29) is 0 Å². The van der Waals surface area contributed by atoms with Gasteiger partial charge in [0.1, 0.15) is 11.5 Å². The lowest BCUT2D eigenvalue weighted by atomic mass is 10.0. The molecule has 1 aliphatic rings. The molecule has 3 nitrogen and oxygen atoms in total. The summed E-state index contributed by atoms with van der Waals surface area (Å²) < 4.78 is 10.7. The molecule has 2 aromatic rings. The second kappa shape index (κ2) is 5.16. The molecule has 0 atom stereocenters. The summed E-state index contributed by atoms with van der Waals surface area (Å²) in [6.45, 7) is 0.451. The van der Waals surface area contributed by atoms with Gasteiger partial charge < -0.3 is 9.26 Å². The molecule has 5 heteroatoms. The summed E-state index contributed by atoms with van der Waals surface area (Å²) in [6, 6.07) is 5.40. The Labute approximate surface area is 121 Å². The summed E-state index contributed by atoms with van der Waals surface area (Å²) in [5, 5.41) is 5.30. The molecule has 0 spiro atoms. The van der Waals surface area contributed by atoms with Crippen molar-refractivity contribution in [2.24, 2.45) is 0 Å². The van der Waals surface area contributed by atoms with Crippen molar-refractivity contribution in [3.05, 3.63) is 39.6 Å². The first-order chi connectivity index (χ1) is 9.22. The highest BCUT2D eigenvalue weighted by Crippen LogP contribution is 2.45. The zero-order valence-corrected chi connectivity index (χ0v) is 12.0. The van der Waals surface area contributed by atoms with Gasteiger partial charge in [0.2, 0.25) is 0 Å². The van der Waals surface area contributed by atoms with Gasteiger partial charge in [-0.25, -0.2) is 0 Å². The van der Waals surface area contributed by atoms with Crippen LogP contribution in [0.15, 0.2) is 22.7 Å². The van der Waals surface area contributed by atoms with Gasteiger partial charge in [0, 0.05) is 24.2 Å². The van der Waals surface area contributed by atoms with Crippen molar-refractivity contribution < 1.29 is 9.26 Å². The second-order valence-corrected chi connectivity index (χ2v) is 5.49. The number of hydrogen-bond donors (Lipinski definition) is 0. The minimum absolute atomic E-state index is 0.451. The van der Waals surface area contributed by atoms with Gasteiger partial charge >= 0.3 is 0 Å². The molecule has 1 aromatic heterocycles. The van der Waals surface area contributed by atoms with Gasteiger partial charge in [-0.2, -0.15) is 0 Å². The molecule has 0 saturated heterocycles. The van der Waals surface area contributed by atoms with Crippen LogP contribution in [0.3, 0.4) is 0 Å². The predicted octanol–water partition coefficient (Wildman–Crippen LogP) is 4.67. The number of hydrogen-bond acceptors (Lipinski definition) is 3. The van der Waals surface area contributed by atoms with Crippen molar-refractivity contribution in [3.8, 4) is 11.3 Å². The normalized spacial score (nSPS) is 14.9. The van der Waals surface area contributed by atoms with Crippen LogP contribution in [0, 0.1) is 0 Å². The maximum absolute atomic E-state index is 6.23. The number of nitrogens with zero attached hydrogens (tertiary/aromatic N) is 1. The van der Waals surface area contributed by atoms with E-state index < -0.39 is 0 Å². The molecule has 100 valence electrons. The van der Waals surface area contributed by atoms with Crippen molar-refractivity contribution in [3.63, 3.8) is 0 Å². The van der Waals surface area contributed by atoms with Crippen molar-refractivity contribution in [1.82, 2.24) is 5.16 Å². The molecule has 0 radical (unpaired) electrons. The smallest absolute Gasteiger partial charge is 0.145 e. The SMILES string of the molecule is COCc1c(-c2c(Cl)cccc2Cl)noc1C1CC1. The molecule has 0 aliphatic heterocycles. The summed E-state index contributed by atoms with van der Waals surface area (Å²) in [6.07, 6.45) is 2.28. The van der Waals surface area contributed by atoms with E-state index in [9.17, 15) is 0 Å². The summed E-state index contributed by atoms with van der Waals surface area (Å²) in [5.74, 6) is 1.38. The highest BCUT2D eigenvalue weighted by molar-refractivity contribution is 6.39. The number of halogens is 2. The van der Waals surface area contributed by atoms with Gasteiger partial charge in [0.15, 0.2) is 0 Å². The lowest BCUT2D eigenvalue weighted by molar-refractivity contribution is 0.183. The average molecular weight is 298 g/mol. The summed E-state index contributed by atoms with van der Waals surface area (Å²) in [4.78, 5) is 0.